The van der Waals surface area contributed by atoms with Crippen molar-refractivity contribution in [2.45, 2.75) is 24.4 Å². The number of thioether (sulfide) groups is 1. The lowest BCUT2D eigenvalue weighted by Crippen LogP contribution is -2.05. The molecule has 14 heavy (non-hydrogen) atoms. The number of rotatable bonds is 5. The normalized spacial score (nSPS) is 12.8. The summed E-state index contributed by atoms with van der Waals surface area (Å²) < 4.78 is 0. The van der Waals surface area contributed by atoms with Gasteiger partial charge >= 0.3 is 0 Å². The number of aromatic nitrogens is 1. The summed E-state index contributed by atoms with van der Waals surface area (Å²) in [7, 11) is 0. The van der Waals surface area contributed by atoms with Gasteiger partial charge in [0.15, 0.2) is 0 Å². The van der Waals surface area contributed by atoms with Crippen LogP contribution in [0.25, 0.3) is 0 Å². The van der Waals surface area contributed by atoms with Crippen molar-refractivity contribution >= 4 is 11.8 Å². The molecule has 0 aliphatic heterocycles. The molecule has 0 spiro atoms. The van der Waals surface area contributed by atoms with Gasteiger partial charge in [-0.05, 0) is 31.0 Å². The van der Waals surface area contributed by atoms with Crippen LogP contribution in [0.4, 0.5) is 0 Å². The van der Waals surface area contributed by atoms with Gasteiger partial charge in [0.2, 0.25) is 0 Å². The Balaban J connectivity index is 2.55. The van der Waals surface area contributed by atoms with Crippen LogP contribution in [0.2, 0.25) is 0 Å². The number of hydrogen-bond donors (Lipinski definition) is 2. The molecule has 3 nitrogen and oxygen atoms in total. The predicted molar refractivity (Wildman–Crippen MR) is 59.3 cm³/mol. The van der Waals surface area contributed by atoms with E-state index in [1.165, 1.54) is 0 Å². The molecule has 0 aromatic carbocycles. The molecule has 0 unspecified atom stereocenters. The van der Waals surface area contributed by atoms with Crippen LogP contribution < -0.4 is 5.73 Å². The minimum atomic E-state index is 0.0511. The van der Waals surface area contributed by atoms with Gasteiger partial charge in [-0.3, -0.25) is 0 Å². The van der Waals surface area contributed by atoms with Crippen molar-refractivity contribution in [1.82, 2.24) is 4.98 Å². The van der Waals surface area contributed by atoms with E-state index in [4.69, 9.17) is 10.8 Å². The molecule has 0 aliphatic rings. The Morgan fingerprint density at radius 3 is 3.07 bits per heavy atom. The standard InChI is InChI=1S/C10H16N2OS/c1-8(11)9-3-4-12-10(7-9)14-6-2-5-13/h3-4,7-8,13H,2,5-6,11H2,1H3/t8-/m1/s1. The van der Waals surface area contributed by atoms with E-state index in [0.29, 0.717) is 0 Å². The van der Waals surface area contributed by atoms with E-state index in [0.717, 1.165) is 22.8 Å². The van der Waals surface area contributed by atoms with Crippen molar-refractivity contribution in [3.8, 4) is 0 Å². The molecule has 0 aliphatic carbocycles. The van der Waals surface area contributed by atoms with Gasteiger partial charge in [-0.1, -0.05) is 0 Å². The molecule has 1 rings (SSSR count). The van der Waals surface area contributed by atoms with Crippen LogP contribution in [0.3, 0.4) is 0 Å². The lowest BCUT2D eigenvalue weighted by Gasteiger charge is -2.06. The van der Waals surface area contributed by atoms with E-state index in [9.17, 15) is 0 Å². The van der Waals surface area contributed by atoms with Crippen molar-refractivity contribution in [3.05, 3.63) is 23.9 Å². The second-order valence-corrected chi connectivity index (χ2v) is 4.26. The maximum Gasteiger partial charge on any atom is 0.0963 e. The Hall–Kier alpha value is -0.580. The Labute approximate surface area is 88.7 Å². The maximum atomic E-state index is 8.63. The molecule has 1 aromatic heterocycles. The fraction of sp³-hybridized carbons (Fsp3) is 0.500. The maximum absolute atomic E-state index is 8.63. The number of nitrogens with zero attached hydrogens (tertiary/aromatic N) is 1. The van der Waals surface area contributed by atoms with Gasteiger partial charge in [0.05, 0.1) is 5.03 Å². The summed E-state index contributed by atoms with van der Waals surface area (Å²) in [6, 6.07) is 3.99. The van der Waals surface area contributed by atoms with Gasteiger partial charge in [0, 0.05) is 24.6 Å². The smallest absolute Gasteiger partial charge is 0.0963 e. The molecule has 1 heterocycles. The summed E-state index contributed by atoms with van der Waals surface area (Å²) in [5, 5.41) is 9.61. The van der Waals surface area contributed by atoms with Crippen LogP contribution in [-0.4, -0.2) is 22.5 Å². The zero-order valence-corrected chi connectivity index (χ0v) is 9.13. The van der Waals surface area contributed by atoms with E-state index < -0.39 is 0 Å². The summed E-state index contributed by atoms with van der Waals surface area (Å²) in [5.74, 6) is 0.895. The molecule has 78 valence electrons. The molecule has 0 radical (unpaired) electrons. The third-order valence-electron chi connectivity index (χ3n) is 1.84. The van der Waals surface area contributed by atoms with E-state index >= 15 is 0 Å². The number of aliphatic hydroxyl groups is 1. The third-order valence-corrected chi connectivity index (χ3v) is 2.85. The molecule has 3 N–H and O–H groups in total. The van der Waals surface area contributed by atoms with Crippen molar-refractivity contribution in [2.24, 2.45) is 5.73 Å². The van der Waals surface area contributed by atoms with Crippen LogP contribution in [-0.2, 0) is 0 Å². The Bertz CT molecular complexity index is 279. The molecule has 0 saturated carbocycles. The molecule has 1 aromatic rings. The minimum absolute atomic E-state index is 0.0511. The van der Waals surface area contributed by atoms with Crippen molar-refractivity contribution < 1.29 is 5.11 Å². The minimum Gasteiger partial charge on any atom is -0.396 e. The fourth-order valence-electron chi connectivity index (χ4n) is 1.03. The summed E-state index contributed by atoms with van der Waals surface area (Å²) in [6.45, 7) is 2.19. The Morgan fingerprint density at radius 2 is 2.43 bits per heavy atom. The van der Waals surface area contributed by atoms with E-state index in [1.54, 1.807) is 18.0 Å². The first-order chi connectivity index (χ1) is 6.74. The molecule has 0 bridgehead atoms. The van der Waals surface area contributed by atoms with Crippen molar-refractivity contribution in [2.75, 3.05) is 12.4 Å². The Morgan fingerprint density at radius 1 is 1.64 bits per heavy atom. The lowest BCUT2D eigenvalue weighted by molar-refractivity contribution is 0.296. The summed E-state index contributed by atoms with van der Waals surface area (Å²) in [4.78, 5) is 4.22. The van der Waals surface area contributed by atoms with Crippen LogP contribution in [0.15, 0.2) is 23.4 Å². The van der Waals surface area contributed by atoms with Crippen LogP contribution >= 0.6 is 11.8 Å². The average Bonchev–Trinajstić information content (AvgIpc) is 2.19. The lowest BCUT2D eigenvalue weighted by atomic mass is 10.1. The highest BCUT2D eigenvalue weighted by Gasteiger charge is 2.01. The molecule has 0 amide bonds. The van der Waals surface area contributed by atoms with Gasteiger partial charge in [-0.2, -0.15) is 0 Å². The quantitative estimate of drug-likeness (QED) is 0.574. The van der Waals surface area contributed by atoms with E-state index in [2.05, 4.69) is 4.98 Å². The SMILES string of the molecule is C[C@@H](N)c1ccnc(SCCCO)c1. The van der Waals surface area contributed by atoms with Gasteiger partial charge < -0.3 is 10.8 Å². The zero-order valence-electron chi connectivity index (χ0n) is 8.31. The summed E-state index contributed by atoms with van der Waals surface area (Å²) >= 11 is 1.65. The van der Waals surface area contributed by atoms with Crippen LogP contribution in [0, 0.1) is 0 Å². The van der Waals surface area contributed by atoms with Gasteiger partial charge in [0.25, 0.3) is 0 Å². The largest absolute Gasteiger partial charge is 0.396 e. The van der Waals surface area contributed by atoms with Gasteiger partial charge in [-0.15, -0.1) is 11.8 Å². The monoisotopic (exact) mass is 212 g/mol. The van der Waals surface area contributed by atoms with E-state index in [1.807, 2.05) is 19.1 Å². The summed E-state index contributed by atoms with van der Waals surface area (Å²) in [6.07, 6.45) is 2.58. The highest BCUT2D eigenvalue weighted by atomic mass is 32.2. The fourth-order valence-corrected chi connectivity index (χ4v) is 1.87. The average molecular weight is 212 g/mol. The first-order valence-corrected chi connectivity index (χ1v) is 5.68. The van der Waals surface area contributed by atoms with Gasteiger partial charge in [-0.25, -0.2) is 4.98 Å². The molecule has 4 heteroatoms. The van der Waals surface area contributed by atoms with Crippen LogP contribution in [0.1, 0.15) is 24.9 Å². The Kier molecular flexibility index (Phi) is 4.93. The zero-order chi connectivity index (χ0) is 10.4. The number of aliphatic hydroxyl groups excluding tert-OH is 1. The number of hydrogen-bond acceptors (Lipinski definition) is 4. The van der Waals surface area contributed by atoms with Gasteiger partial charge in [0.1, 0.15) is 0 Å². The number of nitrogens with two attached hydrogens (primary N) is 1. The summed E-state index contributed by atoms with van der Waals surface area (Å²) in [5.41, 5.74) is 6.86. The number of pyridine rings is 1. The molecule has 0 fully saturated rings. The highest BCUT2D eigenvalue weighted by Crippen LogP contribution is 2.19. The van der Waals surface area contributed by atoms with E-state index in [-0.39, 0.29) is 12.6 Å². The predicted octanol–water partition coefficient (Wildman–Crippen LogP) is 1.58. The molecule has 0 saturated heterocycles. The second-order valence-electron chi connectivity index (χ2n) is 3.14. The van der Waals surface area contributed by atoms with Crippen LogP contribution in [0.5, 0.6) is 0 Å². The molecule has 1 atom stereocenters. The topological polar surface area (TPSA) is 59.1 Å². The third kappa shape index (κ3) is 3.65. The molecular weight excluding hydrogens is 196 g/mol. The van der Waals surface area contributed by atoms with Crippen molar-refractivity contribution in [1.29, 1.82) is 0 Å². The molecular formula is C10H16N2OS. The second kappa shape index (κ2) is 6.01. The highest BCUT2D eigenvalue weighted by molar-refractivity contribution is 7.99. The van der Waals surface area contributed by atoms with Crippen molar-refractivity contribution in [3.63, 3.8) is 0 Å². The first kappa shape index (κ1) is 11.5. The first-order valence-electron chi connectivity index (χ1n) is 4.69.